The van der Waals surface area contributed by atoms with Crippen LogP contribution in [0.3, 0.4) is 0 Å². The van der Waals surface area contributed by atoms with Gasteiger partial charge in [-0.1, -0.05) is 19.1 Å². The number of carbonyl (C=O) groups excluding carboxylic acids is 1. The number of halogens is 3. The molecule has 0 radical (unpaired) electrons. The molecular formula is C21H26F3N7O3. The van der Waals surface area contributed by atoms with Crippen LogP contribution in [0.2, 0.25) is 0 Å². The number of rotatable bonds is 4. The average molecular weight is 481 g/mol. The van der Waals surface area contributed by atoms with Crippen molar-refractivity contribution in [2.24, 2.45) is 5.92 Å². The highest BCUT2D eigenvalue weighted by atomic mass is 19.4. The second kappa shape index (κ2) is 10.2. The SMILES string of the molecule is Cc1nc2ncccn2c1C(=O)N1CCC(n2cc(CC(C)C)nn2)CC1.O=C(O)C(F)(F)F. The van der Waals surface area contributed by atoms with Gasteiger partial charge in [-0.2, -0.15) is 13.2 Å². The van der Waals surface area contributed by atoms with Crippen LogP contribution in [-0.2, 0) is 11.2 Å². The molecule has 0 unspecified atom stereocenters. The molecule has 3 aromatic heterocycles. The van der Waals surface area contributed by atoms with Crippen LogP contribution in [0.4, 0.5) is 13.2 Å². The normalized spacial score (nSPS) is 14.9. The lowest BCUT2D eigenvalue weighted by Gasteiger charge is -2.31. The number of amides is 1. The smallest absolute Gasteiger partial charge is 0.475 e. The Bertz CT molecular complexity index is 1150. The Morgan fingerprint density at radius 3 is 2.47 bits per heavy atom. The van der Waals surface area contributed by atoms with E-state index in [0.29, 0.717) is 36.5 Å². The van der Waals surface area contributed by atoms with Gasteiger partial charge in [0.2, 0.25) is 5.78 Å². The van der Waals surface area contributed by atoms with Crippen LogP contribution in [0.5, 0.6) is 0 Å². The molecule has 10 nitrogen and oxygen atoms in total. The number of carboxylic acids is 1. The van der Waals surface area contributed by atoms with Gasteiger partial charge >= 0.3 is 12.1 Å². The lowest BCUT2D eigenvalue weighted by atomic mass is 10.0. The van der Waals surface area contributed by atoms with Crippen molar-refractivity contribution in [1.82, 2.24) is 34.3 Å². The van der Waals surface area contributed by atoms with Crippen molar-refractivity contribution >= 4 is 17.7 Å². The summed E-state index contributed by atoms with van der Waals surface area (Å²) in [6.45, 7) is 7.63. The molecule has 1 N–H and O–H groups in total. The van der Waals surface area contributed by atoms with Gasteiger partial charge in [0.1, 0.15) is 5.69 Å². The van der Waals surface area contributed by atoms with E-state index in [1.807, 2.05) is 28.8 Å². The van der Waals surface area contributed by atoms with Gasteiger partial charge in [-0.25, -0.2) is 19.4 Å². The fraction of sp³-hybridized carbons (Fsp3) is 0.524. The van der Waals surface area contributed by atoms with Gasteiger partial charge in [0.05, 0.1) is 17.4 Å². The van der Waals surface area contributed by atoms with E-state index in [4.69, 9.17) is 9.90 Å². The molecule has 0 aromatic carbocycles. The number of nitrogens with zero attached hydrogens (tertiary/aromatic N) is 7. The lowest BCUT2D eigenvalue weighted by Crippen LogP contribution is -2.40. The molecule has 1 fully saturated rings. The first kappa shape index (κ1) is 25.1. The minimum atomic E-state index is -5.08. The molecule has 0 spiro atoms. The first-order valence-corrected chi connectivity index (χ1v) is 10.8. The summed E-state index contributed by atoms with van der Waals surface area (Å²) in [5.41, 5.74) is 2.37. The third-order valence-corrected chi connectivity index (χ3v) is 5.32. The first-order valence-electron chi connectivity index (χ1n) is 10.8. The maximum Gasteiger partial charge on any atom is 0.490 e. The topological polar surface area (TPSA) is 119 Å². The molecule has 1 saturated heterocycles. The van der Waals surface area contributed by atoms with E-state index >= 15 is 0 Å². The highest BCUT2D eigenvalue weighted by Gasteiger charge is 2.38. The van der Waals surface area contributed by atoms with Crippen LogP contribution in [0.15, 0.2) is 24.7 Å². The second-order valence-electron chi connectivity index (χ2n) is 8.45. The summed E-state index contributed by atoms with van der Waals surface area (Å²) in [5, 5.41) is 15.7. The molecule has 4 heterocycles. The largest absolute Gasteiger partial charge is 0.490 e. The number of carboxylic acid groups (broad SMARTS) is 1. The molecule has 4 rings (SSSR count). The Hall–Kier alpha value is -3.51. The summed E-state index contributed by atoms with van der Waals surface area (Å²) in [7, 11) is 0. The summed E-state index contributed by atoms with van der Waals surface area (Å²) in [4.78, 5) is 32.5. The minimum Gasteiger partial charge on any atom is -0.475 e. The van der Waals surface area contributed by atoms with E-state index < -0.39 is 12.1 Å². The molecule has 34 heavy (non-hydrogen) atoms. The van der Waals surface area contributed by atoms with Crippen LogP contribution < -0.4 is 0 Å². The lowest BCUT2D eigenvalue weighted by molar-refractivity contribution is -0.192. The number of fused-ring (bicyclic) bond motifs is 1. The fourth-order valence-electron chi connectivity index (χ4n) is 3.74. The Morgan fingerprint density at radius 2 is 1.88 bits per heavy atom. The monoisotopic (exact) mass is 481 g/mol. The number of aliphatic carboxylic acids is 1. The maximum absolute atomic E-state index is 13.1. The number of aryl methyl sites for hydroxylation is 1. The van der Waals surface area contributed by atoms with Gasteiger partial charge in [0.15, 0.2) is 0 Å². The molecule has 13 heteroatoms. The van der Waals surface area contributed by atoms with Gasteiger partial charge < -0.3 is 10.0 Å². The number of likely N-dealkylation sites (tertiary alicyclic amines) is 1. The molecule has 0 bridgehead atoms. The molecule has 1 aliphatic rings. The van der Waals surface area contributed by atoms with Crippen molar-refractivity contribution in [3.8, 4) is 0 Å². The van der Waals surface area contributed by atoms with Gasteiger partial charge in [-0.05, 0) is 38.2 Å². The van der Waals surface area contributed by atoms with Crippen LogP contribution >= 0.6 is 0 Å². The third-order valence-electron chi connectivity index (χ3n) is 5.32. The first-order chi connectivity index (χ1) is 16.0. The Kier molecular flexibility index (Phi) is 7.52. The van der Waals surface area contributed by atoms with Crippen molar-refractivity contribution in [1.29, 1.82) is 0 Å². The highest BCUT2D eigenvalue weighted by Crippen LogP contribution is 2.24. The Labute approximate surface area is 193 Å². The van der Waals surface area contributed by atoms with E-state index in [0.717, 1.165) is 30.7 Å². The Balaban J connectivity index is 0.000000406. The number of imidazole rings is 1. The Morgan fingerprint density at radius 1 is 1.24 bits per heavy atom. The van der Waals surface area contributed by atoms with Crippen LogP contribution in [-0.4, -0.2) is 70.5 Å². The number of hydrogen-bond acceptors (Lipinski definition) is 6. The number of aromatic nitrogens is 6. The number of hydrogen-bond donors (Lipinski definition) is 1. The van der Waals surface area contributed by atoms with Crippen molar-refractivity contribution in [2.75, 3.05) is 13.1 Å². The van der Waals surface area contributed by atoms with E-state index in [2.05, 4.69) is 40.3 Å². The van der Waals surface area contributed by atoms with E-state index in [-0.39, 0.29) is 5.91 Å². The third kappa shape index (κ3) is 5.88. The molecule has 184 valence electrons. The van der Waals surface area contributed by atoms with E-state index in [1.165, 1.54) is 0 Å². The zero-order valence-electron chi connectivity index (χ0n) is 19.0. The highest BCUT2D eigenvalue weighted by molar-refractivity contribution is 5.94. The summed E-state index contributed by atoms with van der Waals surface area (Å²) < 4.78 is 35.5. The summed E-state index contributed by atoms with van der Waals surface area (Å²) in [5.74, 6) is -1.61. The number of piperidine rings is 1. The van der Waals surface area contributed by atoms with E-state index in [9.17, 15) is 18.0 Å². The van der Waals surface area contributed by atoms with Gasteiger partial charge in [-0.15, -0.1) is 5.10 Å². The second-order valence-corrected chi connectivity index (χ2v) is 8.45. The minimum absolute atomic E-state index is 0.0190. The van der Waals surface area contributed by atoms with Crippen LogP contribution in [0, 0.1) is 12.8 Å². The molecule has 1 amide bonds. The molecule has 0 aliphatic carbocycles. The van der Waals surface area contributed by atoms with Gasteiger partial charge in [0.25, 0.3) is 5.91 Å². The van der Waals surface area contributed by atoms with E-state index in [1.54, 1.807) is 10.6 Å². The summed E-state index contributed by atoms with van der Waals surface area (Å²) in [6, 6.07) is 2.11. The van der Waals surface area contributed by atoms with Gasteiger partial charge in [0, 0.05) is 31.7 Å². The van der Waals surface area contributed by atoms with Crippen molar-refractivity contribution < 1.29 is 27.9 Å². The van der Waals surface area contributed by atoms with Crippen LogP contribution in [0.25, 0.3) is 5.78 Å². The zero-order valence-corrected chi connectivity index (χ0v) is 19.0. The molecule has 0 atom stereocenters. The fourth-order valence-corrected chi connectivity index (χ4v) is 3.74. The summed E-state index contributed by atoms with van der Waals surface area (Å²) >= 11 is 0. The molecule has 1 aliphatic heterocycles. The predicted molar refractivity (Wildman–Crippen MR) is 114 cm³/mol. The maximum atomic E-state index is 13.1. The van der Waals surface area contributed by atoms with Gasteiger partial charge in [-0.3, -0.25) is 9.20 Å². The number of carbonyl (C=O) groups is 2. The van der Waals surface area contributed by atoms with Crippen molar-refractivity contribution in [2.45, 2.75) is 52.3 Å². The quantitative estimate of drug-likeness (QED) is 0.609. The number of alkyl halides is 3. The molecular weight excluding hydrogens is 455 g/mol. The molecule has 0 saturated carbocycles. The standard InChI is InChI=1S/C19H25N7O.C2HF3O2/c1-13(2)11-15-12-26(23-22-15)16-5-9-24(10-6-16)18(27)17-14(3)21-19-20-7-4-8-25(17)19;3-2(4,5)1(6)7/h4,7-8,12-13,16H,5-6,9-11H2,1-3H3;(H,6,7). The average Bonchev–Trinajstić information content (AvgIpc) is 3.36. The molecule has 3 aromatic rings. The van der Waals surface area contributed by atoms with Crippen molar-refractivity contribution in [3.63, 3.8) is 0 Å². The summed E-state index contributed by atoms with van der Waals surface area (Å²) in [6.07, 6.45) is 3.21. The van der Waals surface area contributed by atoms with Crippen molar-refractivity contribution in [3.05, 3.63) is 41.7 Å². The predicted octanol–water partition coefficient (Wildman–Crippen LogP) is 2.94. The zero-order chi connectivity index (χ0) is 25.0. The van der Waals surface area contributed by atoms with Crippen LogP contribution in [0.1, 0.15) is 54.6 Å².